The molecule has 0 saturated carbocycles. The first-order valence-corrected chi connectivity index (χ1v) is 7.98. The van der Waals surface area contributed by atoms with Crippen molar-refractivity contribution in [3.05, 3.63) is 11.6 Å². The standard InChI is InChI=1S/C14H25N3OS/c1-11(2)13(10-18-3)16-12-4-7-17(8-5-12)14-15-6-9-19-14/h6,9,11-13,16H,4-5,7-8,10H2,1-3H3/t13-/m1/s1. The Hall–Kier alpha value is -0.650. The molecule has 0 aromatic carbocycles. The first-order valence-electron chi connectivity index (χ1n) is 7.10. The normalized spacial score (nSPS) is 19.1. The summed E-state index contributed by atoms with van der Waals surface area (Å²) in [7, 11) is 1.78. The van der Waals surface area contributed by atoms with Crippen molar-refractivity contribution in [2.75, 3.05) is 31.7 Å². The lowest BCUT2D eigenvalue weighted by atomic mass is 10.00. The second-order valence-corrected chi connectivity index (χ2v) is 6.42. The van der Waals surface area contributed by atoms with Crippen molar-refractivity contribution in [1.82, 2.24) is 10.3 Å². The summed E-state index contributed by atoms with van der Waals surface area (Å²) in [5, 5.41) is 6.96. The summed E-state index contributed by atoms with van der Waals surface area (Å²) in [4.78, 5) is 6.78. The Morgan fingerprint density at radius 2 is 2.21 bits per heavy atom. The Morgan fingerprint density at radius 1 is 1.47 bits per heavy atom. The Labute approximate surface area is 120 Å². The van der Waals surface area contributed by atoms with Gasteiger partial charge in [-0.3, -0.25) is 0 Å². The van der Waals surface area contributed by atoms with Gasteiger partial charge in [-0.1, -0.05) is 13.8 Å². The van der Waals surface area contributed by atoms with E-state index >= 15 is 0 Å². The van der Waals surface area contributed by atoms with Crippen molar-refractivity contribution in [2.24, 2.45) is 5.92 Å². The number of hydrogen-bond donors (Lipinski definition) is 1. The lowest BCUT2D eigenvalue weighted by molar-refractivity contribution is 0.137. The first-order chi connectivity index (χ1) is 9.20. The average molecular weight is 283 g/mol. The van der Waals surface area contributed by atoms with Crippen LogP contribution in [0.1, 0.15) is 26.7 Å². The molecule has 0 bridgehead atoms. The van der Waals surface area contributed by atoms with Gasteiger partial charge in [-0.05, 0) is 18.8 Å². The summed E-state index contributed by atoms with van der Waals surface area (Å²) >= 11 is 1.73. The fraction of sp³-hybridized carbons (Fsp3) is 0.786. The van der Waals surface area contributed by atoms with Gasteiger partial charge in [-0.15, -0.1) is 11.3 Å². The number of nitrogens with one attached hydrogen (secondary N) is 1. The van der Waals surface area contributed by atoms with E-state index in [0.717, 1.165) is 24.8 Å². The van der Waals surface area contributed by atoms with E-state index in [1.807, 2.05) is 11.6 Å². The van der Waals surface area contributed by atoms with Crippen molar-refractivity contribution >= 4 is 16.5 Å². The first kappa shape index (κ1) is 14.8. The van der Waals surface area contributed by atoms with Gasteiger partial charge in [0.25, 0.3) is 0 Å². The van der Waals surface area contributed by atoms with Gasteiger partial charge in [0.1, 0.15) is 0 Å². The van der Waals surface area contributed by atoms with E-state index in [-0.39, 0.29) is 0 Å². The molecule has 108 valence electrons. The van der Waals surface area contributed by atoms with Crippen LogP contribution in [-0.4, -0.2) is 43.9 Å². The van der Waals surface area contributed by atoms with Crippen LogP contribution >= 0.6 is 11.3 Å². The highest BCUT2D eigenvalue weighted by Gasteiger charge is 2.23. The van der Waals surface area contributed by atoms with E-state index in [4.69, 9.17) is 4.74 Å². The number of piperidine rings is 1. The fourth-order valence-electron chi connectivity index (χ4n) is 2.52. The molecule has 5 heteroatoms. The zero-order valence-corrected chi connectivity index (χ0v) is 12.9. The molecule has 4 nitrogen and oxygen atoms in total. The highest BCUT2D eigenvalue weighted by atomic mass is 32.1. The largest absolute Gasteiger partial charge is 0.383 e. The minimum Gasteiger partial charge on any atom is -0.383 e. The number of ether oxygens (including phenoxy) is 1. The molecule has 2 heterocycles. The van der Waals surface area contributed by atoms with Crippen LogP contribution in [0.3, 0.4) is 0 Å². The van der Waals surface area contributed by atoms with Crippen molar-refractivity contribution < 1.29 is 4.74 Å². The molecule has 0 radical (unpaired) electrons. The molecule has 19 heavy (non-hydrogen) atoms. The second-order valence-electron chi connectivity index (χ2n) is 5.55. The van der Waals surface area contributed by atoms with Gasteiger partial charge >= 0.3 is 0 Å². The zero-order valence-electron chi connectivity index (χ0n) is 12.1. The minimum absolute atomic E-state index is 0.460. The smallest absolute Gasteiger partial charge is 0.185 e. The summed E-state index contributed by atoms with van der Waals surface area (Å²) in [5.41, 5.74) is 0. The number of rotatable bonds is 6. The van der Waals surface area contributed by atoms with Crippen LogP contribution in [0, 0.1) is 5.92 Å². The van der Waals surface area contributed by atoms with E-state index in [2.05, 4.69) is 29.0 Å². The van der Waals surface area contributed by atoms with Crippen LogP contribution in [-0.2, 0) is 4.74 Å². The highest BCUT2D eigenvalue weighted by Crippen LogP contribution is 2.22. The predicted molar refractivity (Wildman–Crippen MR) is 81.0 cm³/mol. The van der Waals surface area contributed by atoms with E-state index in [1.54, 1.807) is 18.4 Å². The van der Waals surface area contributed by atoms with Crippen molar-refractivity contribution in [1.29, 1.82) is 0 Å². The van der Waals surface area contributed by atoms with E-state index in [1.165, 1.54) is 12.8 Å². The van der Waals surface area contributed by atoms with Crippen molar-refractivity contribution in [2.45, 2.75) is 38.8 Å². The molecule has 1 N–H and O–H groups in total. The van der Waals surface area contributed by atoms with Gasteiger partial charge in [-0.2, -0.15) is 0 Å². The Kier molecular flexibility index (Phi) is 5.60. The van der Waals surface area contributed by atoms with Crippen LogP contribution in [0.4, 0.5) is 5.13 Å². The number of methoxy groups -OCH3 is 1. The molecular formula is C14H25N3OS. The van der Waals surface area contributed by atoms with Gasteiger partial charge in [0.05, 0.1) is 6.61 Å². The van der Waals surface area contributed by atoms with E-state index < -0.39 is 0 Å². The van der Waals surface area contributed by atoms with Crippen LogP contribution < -0.4 is 10.2 Å². The monoisotopic (exact) mass is 283 g/mol. The van der Waals surface area contributed by atoms with Gasteiger partial charge in [0.2, 0.25) is 0 Å². The minimum atomic E-state index is 0.460. The van der Waals surface area contributed by atoms with Crippen LogP contribution in [0.25, 0.3) is 0 Å². The summed E-state index contributed by atoms with van der Waals surface area (Å²) < 4.78 is 5.31. The van der Waals surface area contributed by atoms with E-state index in [0.29, 0.717) is 18.0 Å². The molecule has 0 spiro atoms. The zero-order chi connectivity index (χ0) is 13.7. The molecule has 0 aliphatic carbocycles. The molecule has 0 amide bonds. The number of anilines is 1. The maximum absolute atomic E-state index is 5.31. The second kappa shape index (κ2) is 7.22. The molecule has 1 atom stereocenters. The Morgan fingerprint density at radius 3 is 2.74 bits per heavy atom. The maximum Gasteiger partial charge on any atom is 0.185 e. The number of nitrogens with zero attached hydrogens (tertiary/aromatic N) is 2. The molecule has 0 unspecified atom stereocenters. The Bertz CT molecular complexity index is 348. The molecule has 2 rings (SSSR count). The van der Waals surface area contributed by atoms with Crippen LogP contribution in [0.5, 0.6) is 0 Å². The SMILES string of the molecule is COC[C@@H](NC1CCN(c2nccs2)CC1)C(C)C. The summed E-state index contributed by atoms with van der Waals surface area (Å²) in [6, 6.07) is 1.07. The van der Waals surface area contributed by atoms with Crippen LogP contribution in [0.15, 0.2) is 11.6 Å². The van der Waals surface area contributed by atoms with E-state index in [9.17, 15) is 0 Å². The quantitative estimate of drug-likeness (QED) is 0.870. The third-order valence-corrected chi connectivity index (χ3v) is 4.62. The van der Waals surface area contributed by atoms with Gasteiger partial charge in [0.15, 0.2) is 5.13 Å². The lowest BCUT2D eigenvalue weighted by Gasteiger charge is -2.35. The van der Waals surface area contributed by atoms with Gasteiger partial charge in [0, 0.05) is 43.9 Å². The van der Waals surface area contributed by atoms with Gasteiger partial charge < -0.3 is 15.0 Å². The molecule has 1 saturated heterocycles. The number of thiazole rings is 1. The highest BCUT2D eigenvalue weighted by molar-refractivity contribution is 7.13. The molecule has 1 aliphatic heterocycles. The lowest BCUT2D eigenvalue weighted by Crippen LogP contribution is -2.49. The molecule has 1 aromatic heterocycles. The summed E-state index contributed by atoms with van der Waals surface area (Å²) in [6.07, 6.45) is 4.26. The third-order valence-electron chi connectivity index (χ3n) is 3.79. The molecule has 1 aromatic rings. The molecule has 1 fully saturated rings. The number of aromatic nitrogens is 1. The summed E-state index contributed by atoms with van der Waals surface area (Å²) in [5.74, 6) is 0.608. The number of hydrogen-bond acceptors (Lipinski definition) is 5. The van der Waals surface area contributed by atoms with Crippen molar-refractivity contribution in [3.63, 3.8) is 0 Å². The summed E-state index contributed by atoms with van der Waals surface area (Å²) in [6.45, 7) is 7.50. The molecular weight excluding hydrogens is 258 g/mol. The predicted octanol–water partition coefficient (Wildman–Crippen LogP) is 2.37. The van der Waals surface area contributed by atoms with Gasteiger partial charge in [-0.25, -0.2) is 4.98 Å². The Balaban J connectivity index is 1.79. The topological polar surface area (TPSA) is 37.4 Å². The van der Waals surface area contributed by atoms with Crippen LogP contribution in [0.2, 0.25) is 0 Å². The van der Waals surface area contributed by atoms with Crippen molar-refractivity contribution in [3.8, 4) is 0 Å². The maximum atomic E-state index is 5.31. The average Bonchev–Trinajstić information content (AvgIpc) is 2.93. The molecule has 1 aliphatic rings. The fourth-order valence-corrected chi connectivity index (χ4v) is 3.22. The third kappa shape index (κ3) is 4.16.